The van der Waals surface area contributed by atoms with Crippen LogP contribution in [0, 0.1) is 6.92 Å². The third-order valence-corrected chi connectivity index (χ3v) is 5.21. The topological polar surface area (TPSA) is 50.8 Å². The lowest BCUT2D eigenvalue weighted by atomic mass is 10.0. The number of hydrogen-bond donors (Lipinski definition) is 1. The molecule has 5 rings (SSSR count). The van der Waals surface area contributed by atoms with Crippen molar-refractivity contribution >= 4 is 11.6 Å². The molecule has 0 saturated heterocycles. The maximum atomic E-state index is 13.3. The molecule has 3 aromatic carbocycles. The molecule has 5 heteroatoms. The first-order valence-corrected chi connectivity index (χ1v) is 9.31. The van der Waals surface area contributed by atoms with Crippen LogP contribution < -0.4 is 14.8 Å². The van der Waals surface area contributed by atoms with Crippen LogP contribution in [0.2, 0.25) is 0 Å². The van der Waals surface area contributed by atoms with Gasteiger partial charge in [0.1, 0.15) is 6.17 Å². The summed E-state index contributed by atoms with van der Waals surface area (Å²) in [6, 6.07) is 21.7. The first-order valence-electron chi connectivity index (χ1n) is 9.31. The fourth-order valence-corrected chi connectivity index (χ4v) is 3.69. The highest BCUT2D eigenvalue weighted by Gasteiger charge is 2.33. The molecule has 28 heavy (non-hydrogen) atoms. The van der Waals surface area contributed by atoms with Crippen molar-refractivity contribution in [1.29, 1.82) is 0 Å². The summed E-state index contributed by atoms with van der Waals surface area (Å²) in [5, 5.41) is 3.53. The van der Waals surface area contributed by atoms with Gasteiger partial charge in [0.05, 0.1) is 5.56 Å². The number of carbonyl (C=O) groups is 1. The maximum absolute atomic E-state index is 13.3. The standard InChI is InChI=1S/C23H20N2O3/c1-15-6-8-16(9-7-15)13-25-22(17-10-11-20-21(12-17)28-14-27-20)24-19-5-3-2-4-18(19)23(25)26/h2-12,22,24H,13-14H2,1H3. The molecule has 1 N–H and O–H groups in total. The minimum atomic E-state index is -0.293. The number of nitrogens with one attached hydrogen (secondary N) is 1. The van der Waals surface area contributed by atoms with Gasteiger partial charge in [-0.15, -0.1) is 0 Å². The number of anilines is 1. The van der Waals surface area contributed by atoms with Crippen molar-refractivity contribution in [3.8, 4) is 11.5 Å². The van der Waals surface area contributed by atoms with Gasteiger partial charge in [0.25, 0.3) is 5.91 Å². The molecule has 0 fully saturated rings. The van der Waals surface area contributed by atoms with Gasteiger partial charge in [-0.3, -0.25) is 4.79 Å². The fourth-order valence-electron chi connectivity index (χ4n) is 3.69. The molecule has 2 aliphatic heterocycles. The zero-order valence-corrected chi connectivity index (χ0v) is 15.5. The predicted molar refractivity (Wildman–Crippen MR) is 106 cm³/mol. The Balaban J connectivity index is 1.55. The smallest absolute Gasteiger partial charge is 0.258 e. The van der Waals surface area contributed by atoms with Gasteiger partial charge in [-0.25, -0.2) is 0 Å². The monoisotopic (exact) mass is 372 g/mol. The Morgan fingerprint density at radius 2 is 1.79 bits per heavy atom. The van der Waals surface area contributed by atoms with Crippen LogP contribution >= 0.6 is 0 Å². The van der Waals surface area contributed by atoms with E-state index in [0.717, 1.165) is 22.6 Å². The highest BCUT2D eigenvalue weighted by atomic mass is 16.7. The Kier molecular flexibility index (Phi) is 3.93. The largest absolute Gasteiger partial charge is 0.454 e. The third kappa shape index (κ3) is 2.85. The Morgan fingerprint density at radius 3 is 2.64 bits per heavy atom. The Labute approximate surface area is 163 Å². The average Bonchev–Trinajstić information content (AvgIpc) is 3.19. The number of hydrogen-bond acceptors (Lipinski definition) is 4. The lowest BCUT2D eigenvalue weighted by Gasteiger charge is -2.38. The molecule has 3 aromatic rings. The predicted octanol–water partition coefficient (Wildman–Crippen LogP) is 4.49. The first-order chi connectivity index (χ1) is 13.7. The average molecular weight is 372 g/mol. The summed E-state index contributed by atoms with van der Waals surface area (Å²) in [4.78, 5) is 15.2. The van der Waals surface area contributed by atoms with Crippen LogP contribution in [0.25, 0.3) is 0 Å². The van der Waals surface area contributed by atoms with E-state index in [9.17, 15) is 4.79 Å². The molecule has 2 heterocycles. The van der Waals surface area contributed by atoms with Crippen molar-refractivity contribution in [3.63, 3.8) is 0 Å². The van der Waals surface area contributed by atoms with E-state index < -0.39 is 0 Å². The molecule has 0 bridgehead atoms. The molecule has 0 aromatic heterocycles. The van der Waals surface area contributed by atoms with E-state index in [4.69, 9.17) is 9.47 Å². The van der Waals surface area contributed by atoms with Crippen molar-refractivity contribution in [3.05, 3.63) is 89.0 Å². The van der Waals surface area contributed by atoms with Crippen LogP contribution in [0.5, 0.6) is 11.5 Å². The number of amides is 1. The Bertz CT molecular complexity index is 1050. The number of benzene rings is 3. The van der Waals surface area contributed by atoms with Crippen LogP contribution in [0.15, 0.2) is 66.7 Å². The number of rotatable bonds is 3. The van der Waals surface area contributed by atoms with Gasteiger partial charge < -0.3 is 19.7 Å². The molecule has 5 nitrogen and oxygen atoms in total. The summed E-state index contributed by atoms with van der Waals surface area (Å²) >= 11 is 0. The molecule has 0 spiro atoms. The number of carbonyl (C=O) groups excluding carboxylic acids is 1. The summed E-state index contributed by atoms with van der Waals surface area (Å²) in [7, 11) is 0. The molecule has 0 aliphatic carbocycles. The minimum absolute atomic E-state index is 0.0117. The SMILES string of the molecule is Cc1ccc(CN2C(=O)c3ccccc3NC2c2ccc3c(c2)OCO3)cc1. The maximum Gasteiger partial charge on any atom is 0.258 e. The van der Waals surface area contributed by atoms with E-state index in [2.05, 4.69) is 36.5 Å². The van der Waals surface area contributed by atoms with Crippen LogP contribution in [0.3, 0.4) is 0 Å². The normalized spacial score (nSPS) is 17.2. The molecular formula is C23H20N2O3. The van der Waals surface area contributed by atoms with Gasteiger partial charge in [0.2, 0.25) is 6.79 Å². The number of para-hydroxylation sites is 1. The number of aryl methyl sites for hydroxylation is 1. The van der Waals surface area contributed by atoms with Crippen LogP contribution in [0.4, 0.5) is 5.69 Å². The molecule has 1 unspecified atom stereocenters. The zero-order chi connectivity index (χ0) is 19.1. The summed E-state index contributed by atoms with van der Waals surface area (Å²) in [6.45, 7) is 2.80. The van der Waals surface area contributed by atoms with E-state index in [1.807, 2.05) is 47.4 Å². The zero-order valence-electron chi connectivity index (χ0n) is 15.5. The highest BCUT2D eigenvalue weighted by Crippen LogP contribution is 2.39. The van der Waals surface area contributed by atoms with E-state index in [0.29, 0.717) is 17.9 Å². The van der Waals surface area contributed by atoms with Crippen molar-refractivity contribution in [1.82, 2.24) is 4.90 Å². The van der Waals surface area contributed by atoms with Crippen LogP contribution in [0.1, 0.15) is 33.2 Å². The molecular weight excluding hydrogens is 352 g/mol. The summed E-state index contributed by atoms with van der Waals surface area (Å²) in [6.07, 6.45) is -0.293. The number of fused-ring (bicyclic) bond motifs is 2. The van der Waals surface area contributed by atoms with Gasteiger partial charge in [-0.05, 0) is 42.3 Å². The van der Waals surface area contributed by atoms with Gasteiger partial charge in [0.15, 0.2) is 11.5 Å². The highest BCUT2D eigenvalue weighted by molar-refractivity contribution is 6.01. The van der Waals surface area contributed by atoms with E-state index in [1.54, 1.807) is 0 Å². The molecule has 140 valence electrons. The first kappa shape index (κ1) is 16.7. The van der Waals surface area contributed by atoms with Gasteiger partial charge in [-0.1, -0.05) is 48.0 Å². The van der Waals surface area contributed by atoms with E-state index in [-0.39, 0.29) is 18.9 Å². The minimum Gasteiger partial charge on any atom is -0.454 e. The van der Waals surface area contributed by atoms with Crippen molar-refractivity contribution in [2.75, 3.05) is 12.1 Å². The molecule has 0 radical (unpaired) electrons. The Morgan fingerprint density at radius 1 is 1.00 bits per heavy atom. The van der Waals surface area contributed by atoms with Crippen molar-refractivity contribution in [2.45, 2.75) is 19.6 Å². The lowest BCUT2D eigenvalue weighted by molar-refractivity contribution is 0.0666. The van der Waals surface area contributed by atoms with Crippen LogP contribution in [-0.4, -0.2) is 17.6 Å². The second kappa shape index (κ2) is 6.60. The molecule has 0 saturated carbocycles. The number of ether oxygens (including phenoxy) is 2. The number of nitrogens with zero attached hydrogens (tertiary/aromatic N) is 1. The van der Waals surface area contributed by atoms with Gasteiger partial charge in [-0.2, -0.15) is 0 Å². The van der Waals surface area contributed by atoms with Crippen molar-refractivity contribution < 1.29 is 14.3 Å². The third-order valence-electron chi connectivity index (χ3n) is 5.21. The van der Waals surface area contributed by atoms with E-state index >= 15 is 0 Å². The second-order valence-electron chi connectivity index (χ2n) is 7.12. The fraction of sp³-hybridized carbons (Fsp3) is 0.174. The van der Waals surface area contributed by atoms with E-state index in [1.165, 1.54) is 5.56 Å². The summed E-state index contributed by atoms with van der Waals surface area (Å²) < 4.78 is 11.0. The molecule has 1 atom stereocenters. The lowest BCUT2D eigenvalue weighted by Crippen LogP contribution is -2.42. The van der Waals surface area contributed by atoms with Gasteiger partial charge in [0, 0.05) is 12.2 Å². The second-order valence-corrected chi connectivity index (χ2v) is 7.12. The summed E-state index contributed by atoms with van der Waals surface area (Å²) in [5.41, 5.74) is 4.77. The summed E-state index contributed by atoms with van der Waals surface area (Å²) in [5.74, 6) is 1.45. The van der Waals surface area contributed by atoms with Gasteiger partial charge >= 0.3 is 0 Å². The van der Waals surface area contributed by atoms with Crippen molar-refractivity contribution in [2.24, 2.45) is 0 Å². The van der Waals surface area contributed by atoms with Crippen LogP contribution in [-0.2, 0) is 6.54 Å². The molecule has 2 aliphatic rings. The quantitative estimate of drug-likeness (QED) is 0.736. The Hall–Kier alpha value is -3.47. The molecule has 1 amide bonds.